The van der Waals surface area contributed by atoms with Gasteiger partial charge in [0.2, 0.25) is 0 Å². The molecule has 0 aliphatic heterocycles. The number of benzene rings is 3. The van der Waals surface area contributed by atoms with E-state index >= 15 is 0 Å². The first-order chi connectivity index (χ1) is 20.1. The van der Waals surface area contributed by atoms with E-state index in [1.165, 1.54) is 0 Å². The SMILES string of the molecule is O=C(Nc1nc2cc[nH]c2cc1Br)c1c2c(nc3ccccc13)/C(=C\c1ccc(Oc3ccccc3)cc1)CCC2. The molecule has 7 rings (SSSR count). The van der Waals surface area contributed by atoms with Gasteiger partial charge in [0.25, 0.3) is 5.91 Å². The molecule has 0 bridgehead atoms. The number of fused-ring (bicyclic) bond motifs is 3. The number of amides is 1. The number of ether oxygens (including phenoxy) is 1. The first-order valence-corrected chi connectivity index (χ1v) is 14.3. The highest BCUT2D eigenvalue weighted by Crippen LogP contribution is 2.37. The van der Waals surface area contributed by atoms with Crippen LogP contribution in [0.15, 0.2) is 102 Å². The second kappa shape index (κ2) is 10.7. The Bertz CT molecular complexity index is 1950. The Balaban J connectivity index is 1.25. The lowest BCUT2D eigenvalue weighted by molar-refractivity contribution is 0.102. The van der Waals surface area contributed by atoms with Crippen LogP contribution in [0.1, 0.15) is 40.0 Å². The summed E-state index contributed by atoms with van der Waals surface area (Å²) in [4.78, 5) is 26.8. The number of allylic oxidation sites excluding steroid dienone is 1. The van der Waals surface area contributed by atoms with Crippen LogP contribution in [0.2, 0.25) is 0 Å². The smallest absolute Gasteiger partial charge is 0.257 e. The molecule has 1 amide bonds. The molecular weight excluding hydrogens is 576 g/mol. The Kier molecular flexibility index (Phi) is 6.57. The van der Waals surface area contributed by atoms with Crippen molar-refractivity contribution >= 4 is 61.2 Å². The maximum absolute atomic E-state index is 13.9. The third-order valence-corrected chi connectivity index (χ3v) is 7.92. The number of carbonyl (C=O) groups is 1. The topological polar surface area (TPSA) is 79.9 Å². The number of hydrogen-bond donors (Lipinski definition) is 2. The number of halogens is 1. The standard InChI is InChI=1S/C34H25BrN4O2/c35-27-20-30-29(17-18-36-30)38-33(27)39-34(40)31-25-10-4-5-12-28(25)37-32-22(7-6-11-26(31)32)19-21-13-15-24(16-14-21)41-23-8-2-1-3-9-23/h1-5,8-10,12-20,36H,6-7,11H2,(H,38,39,40)/b22-19-. The molecule has 0 spiro atoms. The summed E-state index contributed by atoms with van der Waals surface area (Å²) in [6, 6.07) is 29.5. The van der Waals surface area contributed by atoms with Crippen molar-refractivity contribution in [2.45, 2.75) is 19.3 Å². The lowest BCUT2D eigenvalue weighted by Crippen LogP contribution is -2.19. The largest absolute Gasteiger partial charge is 0.457 e. The van der Waals surface area contributed by atoms with Gasteiger partial charge in [0.15, 0.2) is 0 Å². The van der Waals surface area contributed by atoms with Crippen molar-refractivity contribution in [2.75, 3.05) is 5.32 Å². The molecule has 41 heavy (non-hydrogen) atoms. The van der Waals surface area contributed by atoms with Gasteiger partial charge in [-0.05, 0) is 100 Å². The van der Waals surface area contributed by atoms with E-state index in [1.807, 2.05) is 85.1 Å². The van der Waals surface area contributed by atoms with Crippen molar-refractivity contribution in [3.8, 4) is 11.5 Å². The van der Waals surface area contributed by atoms with Gasteiger partial charge < -0.3 is 15.0 Å². The van der Waals surface area contributed by atoms with Crippen molar-refractivity contribution < 1.29 is 9.53 Å². The van der Waals surface area contributed by atoms with E-state index in [1.54, 1.807) is 0 Å². The average Bonchev–Trinajstić information content (AvgIpc) is 3.45. The number of pyridine rings is 2. The molecule has 6 nitrogen and oxygen atoms in total. The molecule has 0 saturated carbocycles. The average molecular weight is 602 g/mol. The molecule has 0 unspecified atom stereocenters. The van der Waals surface area contributed by atoms with Gasteiger partial charge >= 0.3 is 0 Å². The predicted octanol–water partition coefficient (Wildman–Crippen LogP) is 8.80. The van der Waals surface area contributed by atoms with Crippen molar-refractivity contribution in [1.82, 2.24) is 15.0 Å². The fourth-order valence-electron chi connectivity index (χ4n) is 5.41. The van der Waals surface area contributed by atoms with Crippen LogP contribution in [-0.2, 0) is 6.42 Å². The minimum absolute atomic E-state index is 0.188. The molecule has 7 heteroatoms. The molecule has 2 N–H and O–H groups in total. The monoisotopic (exact) mass is 600 g/mol. The molecule has 1 aliphatic carbocycles. The minimum Gasteiger partial charge on any atom is -0.457 e. The van der Waals surface area contributed by atoms with Gasteiger partial charge in [-0.3, -0.25) is 4.79 Å². The van der Waals surface area contributed by atoms with E-state index in [9.17, 15) is 4.79 Å². The number of H-pyrrole nitrogens is 1. The van der Waals surface area contributed by atoms with Gasteiger partial charge in [-0.2, -0.15) is 0 Å². The fraction of sp³-hybridized carbons (Fsp3) is 0.0882. The molecule has 0 radical (unpaired) electrons. The van der Waals surface area contributed by atoms with E-state index < -0.39 is 0 Å². The number of hydrogen-bond acceptors (Lipinski definition) is 4. The quantitative estimate of drug-likeness (QED) is 0.207. The lowest BCUT2D eigenvalue weighted by Gasteiger charge is -2.23. The maximum atomic E-state index is 13.9. The van der Waals surface area contributed by atoms with Crippen LogP contribution in [-0.4, -0.2) is 20.9 Å². The van der Waals surface area contributed by atoms with Crippen molar-refractivity contribution in [3.05, 3.63) is 124 Å². The second-order valence-electron chi connectivity index (χ2n) is 10.0. The van der Waals surface area contributed by atoms with Gasteiger partial charge in [-0.1, -0.05) is 48.5 Å². The zero-order chi connectivity index (χ0) is 27.8. The molecular formula is C34H25BrN4O2. The number of aromatic amines is 1. The van der Waals surface area contributed by atoms with Crippen LogP contribution in [0.5, 0.6) is 11.5 Å². The van der Waals surface area contributed by atoms with Gasteiger partial charge in [0.1, 0.15) is 17.3 Å². The highest BCUT2D eigenvalue weighted by molar-refractivity contribution is 9.10. The number of anilines is 1. The van der Waals surface area contributed by atoms with E-state index in [4.69, 9.17) is 9.72 Å². The molecule has 0 saturated heterocycles. The van der Waals surface area contributed by atoms with Gasteiger partial charge in [0.05, 0.1) is 32.3 Å². The predicted molar refractivity (Wildman–Crippen MR) is 167 cm³/mol. The molecule has 0 fully saturated rings. The van der Waals surface area contributed by atoms with Crippen molar-refractivity contribution in [1.29, 1.82) is 0 Å². The summed E-state index contributed by atoms with van der Waals surface area (Å²) in [6.07, 6.45) is 6.61. The van der Waals surface area contributed by atoms with Crippen LogP contribution >= 0.6 is 15.9 Å². The number of nitrogens with zero attached hydrogens (tertiary/aromatic N) is 2. The maximum Gasteiger partial charge on any atom is 0.257 e. The Morgan fingerprint density at radius 1 is 0.878 bits per heavy atom. The van der Waals surface area contributed by atoms with Gasteiger partial charge in [-0.25, -0.2) is 9.97 Å². The first-order valence-electron chi connectivity index (χ1n) is 13.5. The van der Waals surface area contributed by atoms with Crippen LogP contribution in [0.3, 0.4) is 0 Å². The summed E-state index contributed by atoms with van der Waals surface area (Å²) < 4.78 is 6.67. The van der Waals surface area contributed by atoms with E-state index in [0.29, 0.717) is 15.9 Å². The molecule has 200 valence electrons. The molecule has 1 aliphatic rings. The zero-order valence-corrected chi connectivity index (χ0v) is 23.6. The summed E-state index contributed by atoms with van der Waals surface area (Å²) in [7, 11) is 0. The Morgan fingerprint density at radius 3 is 2.51 bits per heavy atom. The Hall–Kier alpha value is -4.75. The zero-order valence-electron chi connectivity index (χ0n) is 22.0. The van der Waals surface area contributed by atoms with Crippen LogP contribution in [0.4, 0.5) is 5.82 Å². The van der Waals surface area contributed by atoms with Gasteiger partial charge in [0, 0.05) is 11.6 Å². The molecule has 0 atom stereocenters. The normalized spacial score (nSPS) is 13.8. The Labute approximate surface area is 245 Å². The summed E-state index contributed by atoms with van der Waals surface area (Å²) >= 11 is 3.57. The van der Waals surface area contributed by atoms with Crippen LogP contribution < -0.4 is 10.1 Å². The van der Waals surface area contributed by atoms with Crippen LogP contribution in [0.25, 0.3) is 33.6 Å². The number of para-hydroxylation sites is 2. The third kappa shape index (κ3) is 5.00. The summed E-state index contributed by atoms with van der Waals surface area (Å²) in [5.74, 6) is 1.88. The second-order valence-corrected chi connectivity index (χ2v) is 10.9. The van der Waals surface area contributed by atoms with Gasteiger partial charge in [-0.15, -0.1) is 0 Å². The van der Waals surface area contributed by atoms with Crippen LogP contribution in [0, 0.1) is 0 Å². The summed E-state index contributed by atoms with van der Waals surface area (Å²) in [6.45, 7) is 0. The summed E-state index contributed by atoms with van der Waals surface area (Å²) in [5, 5.41) is 3.91. The number of aromatic nitrogens is 3. The van der Waals surface area contributed by atoms with Crippen molar-refractivity contribution in [3.63, 3.8) is 0 Å². The van der Waals surface area contributed by atoms with Crippen molar-refractivity contribution in [2.24, 2.45) is 0 Å². The molecule has 6 aromatic rings. The molecule has 3 heterocycles. The molecule has 3 aromatic carbocycles. The summed E-state index contributed by atoms with van der Waals surface area (Å²) in [5.41, 5.74) is 7.18. The lowest BCUT2D eigenvalue weighted by atomic mass is 9.85. The number of carbonyl (C=O) groups excluding carboxylic acids is 1. The highest BCUT2D eigenvalue weighted by Gasteiger charge is 2.26. The Morgan fingerprint density at radius 2 is 1.66 bits per heavy atom. The molecule has 3 aromatic heterocycles. The minimum atomic E-state index is -0.188. The fourth-order valence-corrected chi connectivity index (χ4v) is 5.82. The number of rotatable bonds is 5. The van der Waals surface area contributed by atoms with E-state index in [-0.39, 0.29) is 5.91 Å². The highest BCUT2D eigenvalue weighted by atomic mass is 79.9. The first kappa shape index (κ1) is 25.2. The third-order valence-electron chi connectivity index (χ3n) is 7.31. The number of nitrogens with one attached hydrogen (secondary N) is 2. The van der Waals surface area contributed by atoms with E-state index in [0.717, 1.165) is 75.1 Å². The van der Waals surface area contributed by atoms with E-state index in [2.05, 4.69) is 49.4 Å².